The molecule has 1 unspecified atom stereocenters. The van der Waals surface area contributed by atoms with Crippen molar-refractivity contribution in [2.24, 2.45) is 17.8 Å². The van der Waals surface area contributed by atoms with Crippen molar-refractivity contribution in [1.29, 1.82) is 0 Å². The summed E-state index contributed by atoms with van der Waals surface area (Å²) in [6.45, 7) is 7.19. The molecule has 1 N–H and O–H groups in total. The van der Waals surface area contributed by atoms with Crippen LogP contribution in [-0.4, -0.2) is 45.6 Å². The highest BCUT2D eigenvalue weighted by molar-refractivity contribution is 7.90. The number of fused-ring (bicyclic) bond motifs is 3. The molecule has 2 aromatic rings. The molecule has 1 aliphatic heterocycles. The Bertz CT molecular complexity index is 1430. The Hall–Kier alpha value is -2.58. The first kappa shape index (κ1) is 30.9. The molecule has 0 radical (unpaired) electrons. The van der Waals surface area contributed by atoms with E-state index < -0.39 is 21.2 Å². The molecule has 1 saturated carbocycles. The topological polar surface area (TPSA) is 92.8 Å². The lowest BCUT2D eigenvalue weighted by Gasteiger charge is -2.46. The standard InChI is InChI=1S/C33H43ClN2O5S/c1-4-5-7-26(19-37)28-12-9-25(28)18-36-20-33(15-6-8-23-16-27(34)11-13-29(23)33)21-41-31-14-10-24(17-30(31)36)32(38)35-42(39,40)22(2)3/h10-11,13-14,16-17,19,22,25-26,28H,4-9,12,15,18,20-21H2,1-3H3,(H,35,38)/t25-,26?,28+,33-/m0/s1. The molecule has 1 spiro atoms. The maximum absolute atomic E-state index is 13.1. The van der Waals surface area contributed by atoms with E-state index >= 15 is 0 Å². The van der Waals surface area contributed by atoms with Crippen LogP contribution in [0.4, 0.5) is 5.69 Å². The number of hydrogen-bond donors (Lipinski definition) is 1. The van der Waals surface area contributed by atoms with Gasteiger partial charge < -0.3 is 14.4 Å². The Labute approximate surface area is 255 Å². The highest BCUT2D eigenvalue weighted by atomic mass is 35.5. The molecule has 9 heteroatoms. The van der Waals surface area contributed by atoms with E-state index in [1.807, 2.05) is 6.07 Å². The highest BCUT2D eigenvalue weighted by Gasteiger charge is 2.44. The number of halogens is 1. The van der Waals surface area contributed by atoms with Crippen LogP contribution in [0.1, 0.15) is 87.2 Å². The van der Waals surface area contributed by atoms with Crippen molar-refractivity contribution in [3.05, 3.63) is 58.1 Å². The van der Waals surface area contributed by atoms with E-state index in [0.29, 0.717) is 30.7 Å². The molecular formula is C33H43ClN2O5S. The number of nitrogens with zero attached hydrogens (tertiary/aromatic N) is 1. The van der Waals surface area contributed by atoms with Gasteiger partial charge in [-0.1, -0.05) is 37.4 Å². The summed E-state index contributed by atoms with van der Waals surface area (Å²) in [7, 11) is -3.78. The molecule has 0 saturated heterocycles. The maximum Gasteiger partial charge on any atom is 0.264 e. The van der Waals surface area contributed by atoms with E-state index in [1.165, 1.54) is 11.1 Å². The Morgan fingerprint density at radius 1 is 1.21 bits per heavy atom. The molecule has 7 nitrogen and oxygen atoms in total. The Morgan fingerprint density at radius 2 is 2.02 bits per heavy atom. The lowest BCUT2D eigenvalue weighted by molar-refractivity contribution is -0.115. The largest absolute Gasteiger partial charge is 0.490 e. The van der Waals surface area contributed by atoms with Crippen LogP contribution in [0.2, 0.25) is 5.02 Å². The van der Waals surface area contributed by atoms with Crippen LogP contribution in [0, 0.1) is 17.8 Å². The number of ether oxygens (including phenoxy) is 1. The van der Waals surface area contributed by atoms with Gasteiger partial charge in [0.05, 0.1) is 17.5 Å². The van der Waals surface area contributed by atoms with Gasteiger partial charge in [-0.2, -0.15) is 0 Å². The fourth-order valence-electron chi connectivity index (χ4n) is 7.05. The number of aldehydes is 1. The number of hydrogen-bond acceptors (Lipinski definition) is 6. The number of rotatable bonds is 10. The van der Waals surface area contributed by atoms with Gasteiger partial charge in [-0.05, 0) is 106 Å². The second kappa shape index (κ2) is 12.6. The summed E-state index contributed by atoms with van der Waals surface area (Å²) in [5.74, 6) is 0.802. The molecule has 1 heterocycles. The van der Waals surface area contributed by atoms with E-state index in [0.717, 1.165) is 74.9 Å². The van der Waals surface area contributed by atoms with Crippen LogP contribution < -0.4 is 14.4 Å². The molecule has 3 aliphatic rings. The number of aryl methyl sites for hydroxylation is 1. The van der Waals surface area contributed by atoms with Crippen molar-refractivity contribution >= 4 is 39.5 Å². The van der Waals surface area contributed by atoms with Gasteiger partial charge in [0.15, 0.2) is 0 Å². The van der Waals surface area contributed by atoms with Gasteiger partial charge in [0.25, 0.3) is 5.91 Å². The molecular weight excluding hydrogens is 572 g/mol. The smallest absolute Gasteiger partial charge is 0.264 e. The number of unbranched alkanes of at least 4 members (excludes halogenated alkanes) is 1. The van der Waals surface area contributed by atoms with Gasteiger partial charge in [-0.3, -0.25) is 4.79 Å². The zero-order chi connectivity index (χ0) is 30.1. The fraction of sp³-hybridized carbons (Fsp3) is 0.576. The molecule has 2 aliphatic carbocycles. The van der Waals surface area contributed by atoms with Gasteiger partial charge >= 0.3 is 0 Å². The minimum absolute atomic E-state index is 0.0660. The summed E-state index contributed by atoms with van der Waals surface area (Å²) in [5, 5.41) is 0.00708. The minimum atomic E-state index is -3.78. The van der Waals surface area contributed by atoms with Crippen molar-refractivity contribution < 1.29 is 22.7 Å². The third kappa shape index (κ3) is 6.21. The number of nitrogens with one attached hydrogen (secondary N) is 1. The van der Waals surface area contributed by atoms with E-state index in [1.54, 1.807) is 32.0 Å². The quantitative estimate of drug-likeness (QED) is 0.315. The van der Waals surface area contributed by atoms with Crippen molar-refractivity contribution in [2.75, 3.05) is 24.6 Å². The zero-order valence-electron chi connectivity index (χ0n) is 24.9. The van der Waals surface area contributed by atoms with Gasteiger partial charge in [0, 0.05) is 35.0 Å². The highest BCUT2D eigenvalue weighted by Crippen LogP contribution is 2.47. The second-order valence-corrected chi connectivity index (χ2v) is 15.4. The average molecular weight is 615 g/mol. The predicted octanol–water partition coefficient (Wildman–Crippen LogP) is 6.31. The maximum atomic E-state index is 13.1. The van der Waals surface area contributed by atoms with Crippen molar-refractivity contribution in [1.82, 2.24) is 4.72 Å². The first-order valence-corrected chi connectivity index (χ1v) is 17.3. The van der Waals surface area contributed by atoms with Gasteiger partial charge in [0.1, 0.15) is 12.0 Å². The van der Waals surface area contributed by atoms with Gasteiger partial charge in [-0.15, -0.1) is 0 Å². The third-order valence-electron chi connectivity index (χ3n) is 9.70. The number of benzene rings is 2. The summed E-state index contributed by atoms with van der Waals surface area (Å²) < 4.78 is 33.7. The molecule has 4 atom stereocenters. The Balaban J connectivity index is 1.51. The molecule has 42 heavy (non-hydrogen) atoms. The number of amides is 1. The van der Waals surface area contributed by atoms with Crippen LogP contribution in [0.15, 0.2) is 36.4 Å². The monoisotopic (exact) mass is 614 g/mol. The van der Waals surface area contributed by atoms with Gasteiger partial charge in [-0.25, -0.2) is 13.1 Å². The SMILES string of the molecule is CCCCC(C=O)[C@@H]1CC[C@H]1CN1C[C@@]2(CCCc3cc(Cl)ccc32)COc2ccc(C(=O)NS(=O)(=O)C(C)C)cc21. The van der Waals surface area contributed by atoms with Crippen LogP contribution in [0.25, 0.3) is 0 Å². The molecule has 1 fully saturated rings. The Morgan fingerprint density at radius 3 is 2.71 bits per heavy atom. The number of carbonyl (C=O) groups is 2. The van der Waals surface area contributed by atoms with Gasteiger partial charge in [0.2, 0.25) is 10.0 Å². The van der Waals surface area contributed by atoms with Crippen molar-refractivity contribution in [2.45, 2.75) is 82.8 Å². The summed E-state index contributed by atoms with van der Waals surface area (Å²) in [6.07, 6.45) is 9.28. The van der Waals surface area contributed by atoms with E-state index in [4.69, 9.17) is 16.3 Å². The second-order valence-electron chi connectivity index (χ2n) is 12.8. The summed E-state index contributed by atoms with van der Waals surface area (Å²) >= 11 is 6.39. The molecule has 2 aromatic carbocycles. The molecule has 0 aromatic heterocycles. The summed E-state index contributed by atoms with van der Waals surface area (Å²) in [6, 6.07) is 11.4. The first-order valence-electron chi connectivity index (χ1n) is 15.4. The normalized spacial score (nSPS) is 24.2. The molecule has 1 amide bonds. The molecule has 228 valence electrons. The average Bonchev–Trinajstić information content (AvgIpc) is 3.09. The Kier molecular flexibility index (Phi) is 9.24. The van der Waals surface area contributed by atoms with Crippen LogP contribution in [0.5, 0.6) is 5.75 Å². The third-order valence-corrected chi connectivity index (χ3v) is 11.6. The van der Waals surface area contributed by atoms with Crippen LogP contribution >= 0.6 is 11.6 Å². The lowest BCUT2D eigenvalue weighted by Crippen LogP contribution is -2.49. The van der Waals surface area contributed by atoms with E-state index in [9.17, 15) is 18.0 Å². The van der Waals surface area contributed by atoms with Crippen LogP contribution in [-0.2, 0) is 26.7 Å². The summed E-state index contributed by atoms with van der Waals surface area (Å²) in [5.41, 5.74) is 3.33. The fourth-order valence-corrected chi connectivity index (χ4v) is 7.86. The molecule has 0 bridgehead atoms. The minimum Gasteiger partial charge on any atom is -0.490 e. The zero-order valence-corrected chi connectivity index (χ0v) is 26.5. The number of anilines is 1. The lowest BCUT2D eigenvalue weighted by atomic mass is 9.65. The van der Waals surface area contributed by atoms with E-state index in [-0.39, 0.29) is 16.9 Å². The number of carbonyl (C=O) groups excluding carboxylic acids is 2. The summed E-state index contributed by atoms with van der Waals surface area (Å²) in [4.78, 5) is 27.5. The number of sulfonamides is 1. The van der Waals surface area contributed by atoms with Crippen molar-refractivity contribution in [3.8, 4) is 5.75 Å². The van der Waals surface area contributed by atoms with Crippen LogP contribution in [0.3, 0.4) is 0 Å². The van der Waals surface area contributed by atoms with E-state index in [2.05, 4.69) is 28.7 Å². The van der Waals surface area contributed by atoms with Crippen molar-refractivity contribution in [3.63, 3.8) is 0 Å². The predicted molar refractivity (Wildman–Crippen MR) is 167 cm³/mol. The molecule has 5 rings (SSSR count). The first-order chi connectivity index (χ1) is 20.1.